The number of phosphoric acid groups is 1. The van der Waals surface area contributed by atoms with Gasteiger partial charge in [0.2, 0.25) is 0 Å². The standard InChI is InChI=1S/C66H120NO8P/c1-3-5-7-9-11-13-15-17-19-21-22-23-24-25-26-27-28-29-30-31-32-33-34-35-36-37-38-39-40-41-42-43-45-47-49-51-53-55-57-59-66(69)75-64(63-74-76(70,71)73-61-60-67)62-72-65(68)58-56-54-52-50-48-46-44-20-18-16-14-12-10-8-6-4-2/h5,7,11,13-14,16-17,19-20,22-23,44,64H,3-4,6,8-10,12,15,18,21,24-43,45-63,67H2,1-2H3,(H,70,71)/b7-5-,13-11-,16-14-,19-17-,23-22-,44-20-. The highest BCUT2D eigenvalue weighted by Crippen LogP contribution is 2.43. The van der Waals surface area contributed by atoms with Gasteiger partial charge in [-0.25, -0.2) is 4.57 Å². The maximum atomic E-state index is 12.7. The number of rotatable bonds is 60. The topological polar surface area (TPSA) is 134 Å². The highest BCUT2D eigenvalue weighted by molar-refractivity contribution is 7.47. The minimum atomic E-state index is -4.39. The Bertz CT molecular complexity index is 1470. The first-order valence-electron chi connectivity index (χ1n) is 31.9. The van der Waals surface area contributed by atoms with Crippen LogP contribution in [0.4, 0.5) is 0 Å². The molecule has 2 atom stereocenters. The van der Waals surface area contributed by atoms with E-state index in [1.807, 2.05) is 0 Å². The second-order valence-electron chi connectivity index (χ2n) is 21.2. The molecular formula is C66H120NO8P. The summed E-state index contributed by atoms with van der Waals surface area (Å²) in [5, 5.41) is 0. The molecule has 0 saturated carbocycles. The number of hydrogen-bond acceptors (Lipinski definition) is 8. The fourth-order valence-electron chi connectivity index (χ4n) is 9.13. The second kappa shape index (κ2) is 61.7. The van der Waals surface area contributed by atoms with Crippen LogP contribution < -0.4 is 5.73 Å². The normalized spacial score (nSPS) is 13.5. The third kappa shape index (κ3) is 60.7. The monoisotopic (exact) mass is 1090 g/mol. The zero-order valence-corrected chi connectivity index (χ0v) is 50.4. The summed E-state index contributed by atoms with van der Waals surface area (Å²) in [5.41, 5.74) is 5.38. The maximum absolute atomic E-state index is 12.7. The lowest BCUT2D eigenvalue weighted by Gasteiger charge is -2.19. The third-order valence-corrected chi connectivity index (χ3v) is 14.8. The largest absolute Gasteiger partial charge is 0.472 e. The average Bonchev–Trinajstić information content (AvgIpc) is 3.41. The van der Waals surface area contributed by atoms with Gasteiger partial charge in [0.15, 0.2) is 6.10 Å². The van der Waals surface area contributed by atoms with Crippen LogP contribution in [0, 0.1) is 0 Å². The molecule has 0 heterocycles. The van der Waals surface area contributed by atoms with Crippen molar-refractivity contribution in [2.45, 2.75) is 309 Å². The molecule has 0 aliphatic heterocycles. The van der Waals surface area contributed by atoms with Crippen LogP contribution in [0.25, 0.3) is 0 Å². The molecule has 0 aromatic rings. The zero-order chi connectivity index (χ0) is 55.2. The number of carbonyl (C=O) groups excluding carboxylic acids is 2. The lowest BCUT2D eigenvalue weighted by Crippen LogP contribution is -2.29. The van der Waals surface area contributed by atoms with Gasteiger partial charge in [0.1, 0.15) is 6.61 Å². The maximum Gasteiger partial charge on any atom is 0.472 e. The third-order valence-electron chi connectivity index (χ3n) is 13.8. The van der Waals surface area contributed by atoms with Crippen molar-refractivity contribution in [2.75, 3.05) is 26.4 Å². The number of unbranched alkanes of at least 4 members (excludes halogenated alkanes) is 35. The minimum absolute atomic E-state index is 0.0513. The Hall–Kier alpha value is -2.55. The highest BCUT2D eigenvalue weighted by Gasteiger charge is 2.26. The fraction of sp³-hybridized carbons (Fsp3) is 0.788. The predicted molar refractivity (Wildman–Crippen MR) is 326 cm³/mol. The summed E-state index contributed by atoms with van der Waals surface area (Å²) >= 11 is 0. The molecule has 2 unspecified atom stereocenters. The van der Waals surface area contributed by atoms with Gasteiger partial charge in [0, 0.05) is 19.4 Å². The van der Waals surface area contributed by atoms with Crippen molar-refractivity contribution >= 4 is 19.8 Å². The first-order valence-corrected chi connectivity index (χ1v) is 33.4. The van der Waals surface area contributed by atoms with Crippen molar-refractivity contribution in [3.8, 4) is 0 Å². The SMILES string of the molecule is CC/C=C\C/C=C\C/C=C\C/C=C\CCCCCCCCCCCCCCCCCCCCCCCCCCCCC(=O)OC(COC(=O)CCCCCCC/C=C\C/C=C\CCCCCC)COP(=O)(O)OCCN. The fourth-order valence-corrected chi connectivity index (χ4v) is 9.90. The number of hydrogen-bond donors (Lipinski definition) is 2. The Morgan fingerprint density at radius 3 is 1.08 bits per heavy atom. The van der Waals surface area contributed by atoms with E-state index >= 15 is 0 Å². The zero-order valence-electron chi connectivity index (χ0n) is 49.5. The number of phosphoric ester groups is 1. The lowest BCUT2D eigenvalue weighted by molar-refractivity contribution is -0.161. The first-order chi connectivity index (χ1) is 37.3. The minimum Gasteiger partial charge on any atom is -0.462 e. The Morgan fingerprint density at radius 1 is 0.408 bits per heavy atom. The van der Waals surface area contributed by atoms with Crippen LogP contribution in [-0.4, -0.2) is 49.3 Å². The number of esters is 2. The molecule has 10 heteroatoms. The molecular weight excluding hydrogens is 966 g/mol. The van der Waals surface area contributed by atoms with E-state index in [4.69, 9.17) is 24.3 Å². The summed E-state index contributed by atoms with van der Waals surface area (Å²) in [6.07, 6.45) is 80.0. The van der Waals surface area contributed by atoms with Gasteiger partial charge in [-0.2, -0.15) is 0 Å². The van der Waals surface area contributed by atoms with Crippen LogP contribution in [0.3, 0.4) is 0 Å². The molecule has 0 amide bonds. The van der Waals surface area contributed by atoms with Crippen molar-refractivity contribution in [2.24, 2.45) is 5.73 Å². The van der Waals surface area contributed by atoms with Crippen LogP contribution in [0.15, 0.2) is 72.9 Å². The van der Waals surface area contributed by atoms with Gasteiger partial charge in [0.25, 0.3) is 0 Å². The van der Waals surface area contributed by atoms with Crippen LogP contribution in [0.5, 0.6) is 0 Å². The smallest absolute Gasteiger partial charge is 0.462 e. The Morgan fingerprint density at radius 2 is 0.724 bits per heavy atom. The molecule has 0 saturated heterocycles. The molecule has 0 rings (SSSR count). The summed E-state index contributed by atoms with van der Waals surface area (Å²) in [6, 6.07) is 0. The van der Waals surface area contributed by atoms with Crippen LogP contribution in [0.2, 0.25) is 0 Å². The number of nitrogens with two attached hydrogens (primary N) is 1. The lowest BCUT2D eigenvalue weighted by atomic mass is 10.0. The van der Waals surface area contributed by atoms with E-state index in [2.05, 4.69) is 86.8 Å². The molecule has 0 spiro atoms. The van der Waals surface area contributed by atoms with E-state index in [0.29, 0.717) is 6.42 Å². The van der Waals surface area contributed by atoms with E-state index in [0.717, 1.165) is 83.5 Å². The molecule has 9 nitrogen and oxygen atoms in total. The van der Waals surface area contributed by atoms with Gasteiger partial charge in [-0.3, -0.25) is 18.6 Å². The molecule has 442 valence electrons. The van der Waals surface area contributed by atoms with E-state index in [1.54, 1.807) is 0 Å². The Labute approximate surface area is 469 Å². The van der Waals surface area contributed by atoms with Crippen molar-refractivity contribution in [1.82, 2.24) is 0 Å². The molecule has 0 radical (unpaired) electrons. The van der Waals surface area contributed by atoms with Crippen molar-refractivity contribution in [1.29, 1.82) is 0 Å². The first kappa shape index (κ1) is 73.5. The van der Waals surface area contributed by atoms with Gasteiger partial charge in [-0.15, -0.1) is 0 Å². The number of carbonyl (C=O) groups is 2. The van der Waals surface area contributed by atoms with Gasteiger partial charge in [-0.05, 0) is 83.5 Å². The second-order valence-corrected chi connectivity index (χ2v) is 22.7. The predicted octanol–water partition coefficient (Wildman–Crippen LogP) is 20.5. The Kier molecular flexibility index (Phi) is 59.6. The van der Waals surface area contributed by atoms with Crippen molar-refractivity contribution in [3.05, 3.63) is 72.9 Å². The van der Waals surface area contributed by atoms with Crippen molar-refractivity contribution in [3.63, 3.8) is 0 Å². The summed E-state index contributed by atoms with van der Waals surface area (Å²) in [7, 11) is -4.39. The molecule has 0 aromatic carbocycles. The van der Waals surface area contributed by atoms with E-state index in [-0.39, 0.29) is 32.6 Å². The molecule has 0 aromatic heterocycles. The highest BCUT2D eigenvalue weighted by atomic mass is 31.2. The van der Waals surface area contributed by atoms with Crippen LogP contribution in [-0.2, 0) is 32.7 Å². The molecule has 0 aliphatic rings. The quantitative estimate of drug-likeness (QED) is 0.0264. The molecule has 0 aliphatic carbocycles. The van der Waals surface area contributed by atoms with Crippen molar-refractivity contribution < 1.29 is 37.6 Å². The van der Waals surface area contributed by atoms with Gasteiger partial charge in [-0.1, -0.05) is 279 Å². The molecule has 0 fully saturated rings. The summed E-state index contributed by atoms with van der Waals surface area (Å²) in [5.74, 6) is -0.833. The number of allylic oxidation sites excluding steroid dienone is 12. The Balaban J connectivity index is 3.78. The van der Waals surface area contributed by atoms with Crippen LogP contribution >= 0.6 is 7.82 Å². The molecule has 0 bridgehead atoms. The average molecular weight is 1090 g/mol. The summed E-state index contributed by atoms with van der Waals surface area (Å²) < 4.78 is 33.0. The van der Waals surface area contributed by atoms with Crippen LogP contribution in [0.1, 0.15) is 303 Å². The van der Waals surface area contributed by atoms with Gasteiger partial charge in [0.05, 0.1) is 13.2 Å². The molecule has 76 heavy (non-hydrogen) atoms. The number of ether oxygens (including phenoxy) is 2. The van der Waals surface area contributed by atoms with E-state index in [9.17, 15) is 19.0 Å². The molecule has 3 N–H and O–H groups in total. The summed E-state index contributed by atoms with van der Waals surface area (Å²) in [6.45, 7) is 3.63. The van der Waals surface area contributed by atoms with Gasteiger partial charge >= 0.3 is 19.8 Å². The van der Waals surface area contributed by atoms with E-state index in [1.165, 1.54) is 186 Å². The summed E-state index contributed by atoms with van der Waals surface area (Å²) in [4.78, 5) is 35.2. The van der Waals surface area contributed by atoms with E-state index < -0.39 is 32.5 Å². The van der Waals surface area contributed by atoms with Gasteiger partial charge < -0.3 is 20.1 Å².